The highest BCUT2D eigenvalue weighted by Gasteiger charge is 2.26. The number of pyridine rings is 1. The number of hydrogen-bond acceptors (Lipinski definition) is 2. The van der Waals surface area contributed by atoms with Crippen molar-refractivity contribution in [3.63, 3.8) is 0 Å². The van der Waals surface area contributed by atoms with E-state index in [1.807, 2.05) is 0 Å². The van der Waals surface area contributed by atoms with Crippen molar-refractivity contribution in [1.82, 2.24) is 4.98 Å². The summed E-state index contributed by atoms with van der Waals surface area (Å²) in [5, 5.41) is 8.50. The first-order chi connectivity index (χ1) is 5.91. The fraction of sp³-hybridized carbons (Fsp3) is 0.250. The van der Waals surface area contributed by atoms with E-state index in [1.165, 1.54) is 0 Å². The minimum Gasteiger partial charge on any atom is -0.478 e. The number of carboxylic acids is 1. The molecule has 0 radical (unpaired) electrons. The lowest BCUT2D eigenvalue weighted by atomic mass is 10.2. The van der Waals surface area contributed by atoms with E-state index in [0.29, 0.717) is 6.92 Å². The van der Waals surface area contributed by atoms with Gasteiger partial charge in [-0.2, -0.15) is 8.78 Å². The molecule has 1 aromatic rings. The fourth-order valence-corrected chi connectivity index (χ4v) is 0.804. The van der Waals surface area contributed by atoms with Crippen LogP contribution in [-0.2, 0) is 5.92 Å². The largest absolute Gasteiger partial charge is 0.478 e. The SMILES string of the molecule is CC(F)(F)c1cc(C(=O)O)ccn1. The second kappa shape index (κ2) is 3.08. The highest BCUT2D eigenvalue weighted by molar-refractivity contribution is 5.87. The fourth-order valence-electron chi connectivity index (χ4n) is 0.804. The van der Waals surface area contributed by atoms with Crippen molar-refractivity contribution in [1.29, 1.82) is 0 Å². The minimum atomic E-state index is -3.11. The van der Waals surface area contributed by atoms with Crippen LogP contribution in [0.15, 0.2) is 18.3 Å². The van der Waals surface area contributed by atoms with Gasteiger partial charge in [0, 0.05) is 13.1 Å². The van der Waals surface area contributed by atoms with Crippen molar-refractivity contribution in [3.05, 3.63) is 29.6 Å². The quantitative estimate of drug-likeness (QED) is 0.769. The number of nitrogens with zero attached hydrogens (tertiary/aromatic N) is 1. The second-order valence-electron chi connectivity index (χ2n) is 2.62. The topological polar surface area (TPSA) is 50.2 Å². The van der Waals surface area contributed by atoms with Gasteiger partial charge in [-0.25, -0.2) is 4.79 Å². The number of aromatic nitrogens is 1. The lowest BCUT2D eigenvalue weighted by Crippen LogP contribution is -2.11. The smallest absolute Gasteiger partial charge is 0.335 e. The van der Waals surface area contributed by atoms with Crippen LogP contribution >= 0.6 is 0 Å². The summed E-state index contributed by atoms with van der Waals surface area (Å²) in [6, 6.07) is 2.03. The molecule has 0 spiro atoms. The number of rotatable bonds is 2. The molecule has 0 bridgehead atoms. The van der Waals surface area contributed by atoms with Gasteiger partial charge in [0.2, 0.25) is 0 Å². The van der Waals surface area contributed by atoms with Crippen molar-refractivity contribution < 1.29 is 18.7 Å². The Balaban J connectivity index is 3.13. The summed E-state index contributed by atoms with van der Waals surface area (Å²) in [5.74, 6) is -4.35. The number of alkyl halides is 2. The van der Waals surface area contributed by atoms with Gasteiger partial charge in [-0.3, -0.25) is 4.98 Å². The van der Waals surface area contributed by atoms with Crippen LogP contribution in [0.2, 0.25) is 0 Å². The molecule has 13 heavy (non-hydrogen) atoms. The zero-order valence-corrected chi connectivity index (χ0v) is 6.79. The zero-order valence-electron chi connectivity index (χ0n) is 6.79. The van der Waals surface area contributed by atoms with E-state index in [4.69, 9.17) is 5.11 Å². The second-order valence-corrected chi connectivity index (χ2v) is 2.62. The average Bonchev–Trinajstić information content (AvgIpc) is 2.03. The maximum atomic E-state index is 12.6. The van der Waals surface area contributed by atoms with Gasteiger partial charge in [-0.1, -0.05) is 0 Å². The number of halogens is 2. The van der Waals surface area contributed by atoms with Crippen molar-refractivity contribution >= 4 is 5.97 Å². The summed E-state index contributed by atoms with van der Waals surface area (Å²) in [7, 11) is 0. The maximum Gasteiger partial charge on any atom is 0.335 e. The molecule has 3 nitrogen and oxygen atoms in total. The maximum absolute atomic E-state index is 12.6. The van der Waals surface area contributed by atoms with Gasteiger partial charge >= 0.3 is 5.97 Å². The Labute approximate surface area is 73.0 Å². The molecule has 1 aromatic heterocycles. The van der Waals surface area contributed by atoms with Crippen LogP contribution in [0.4, 0.5) is 8.78 Å². The lowest BCUT2D eigenvalue weighted by Gasteiger charge is -2.08. The molecule has 0 saturated carbocycles. The Morgan fingerprint density at radius 2 is 2.23 bits per heavy atom. The third-order valence-corrected chi connectivity index (χ3v) is 1.46. The number of carboxylic acid groups (broad SMARTS) is 1. The molecule has 0 aromatic carbocycles. The summed E-state index contributed by atoms with van der Waals surface area (Å²) < 4.78 is 25.3. The monoisotopic (exact) mass is 187 g/mol. The van der Waals surface area contributed by atoms with Crippen LogP contribution in [-0.4, -0.2) is 16.1 Å². The summed E-state index contributed by atoms with van der Waals surface area (Å²) in [5.41, 5.74) is -0.723. The summed E-state index contributed by atoms with van der Waals surface area (Å²) >= 11 is 0. The molecule has 70 valence electrons. The Morgan fingerprint density at radius 1 is 1.62 bits per heavy atom. The van der Waals surface area contributed by atoms with Crippen LogP contribution in [0.25, 0.3) is 0 Å². The molecular weight excluding hydrogens is 180 g/mol. The molecule has 0 saturated heterocycles. The van der Waals surface area contributed by atoms with E-state index < -0.39 is 17.6 Å². The third kappa shape index (κ3) is 2.21. The van der Waals surface area contributed by atoms with E-state index in [1.54, 1.807) is 0 Å². The number of hydrogen-bond donors (Lipinski definition) is 1. The number of aromatic carboxylic acids is 1. The Morgan fingerprint density at radius 3 is 2.69 bits per heavy atom. The van der Waals surface area contributed by atoms with Crippen molar-refractivity contribution in [2.75, 3.05) is 0 Å². The minimum absolute atomic E-state index is 0.188. The first-order valence-corrected chi connectivity index (χ1v) is 3.49. The van der Waals surface area contributed by atoms with Crippen LogP contribution in [0.1, 0.15) is 23.0 Å². The van der Waals surface area contributed by atoms with Crippen molar-refractivity contribution in [2.45, 2.75) is 12.8 Å². The van der Waals surface area contributed by atoms with Gasteiger partial charge in [-0.05, 0) is 12.1 Å². The standard InChI is InChI=1S/C8H7F2NO2/c1-8(9,10)6-4-5(7(12)13)2-3-11-6/h2-4H,1H3,(H,12,13). The first-order valence-electron chi connectivity index (χ1n) is 3.49. The predicted molar refractivity (Wildman–Crippen MR) is 40.8 cm³/mol. The van der Waals surface area contributed by atoms with Crippen LogP contribution in [0.3, 0.4) is 0 Å². The van der Waals surface area contributed by atoms with Crippen LogP contribution in [0.5, 0.6) is 0 Å². The van der Waals surface area contributed by atoms with E-state index in [9.17, 15) is 13.6 Å². The molecule has 0 aliphatic carbocycles. The Hall–Kier alpha value is -1.52. The van der Waals surface area contributed by atoms with E-state index in [2.05, 4.69) is 4.98 Å². The van der Waals surface area contributed by atoms with Crippen LogP contribution < -0.4 is 0 Å². The molecule has 0 aliphatic rings. The summed E-state index contributed by atoms with van der Waals surface area (Å²) in [6.07, 6.45) is 1.05. The molecule has 0 unspecified atom stereocenters. The molecule has 1 N–H and O–H groups in total. The third-order valence-electron chi connectivity index (χ3n) is 1.46. The first kappa shape index (κ1) is 9.57. The zero-order chi connectivity index (χ0) is 10.1. The van der Waals surface area contributed by atoms with Gasteiger partial charge in [0.15, 0.2) is 0 Å². The molecule has 0 amide bonds. The van der Waals surface area contributed by atoms with Gasteiger partial charge in [0.05, 0.1) is 5.56 Å². The molecular formula is C8H7F2NO2. The van der Waals surface area contributed by atoms with Crippen molar-refractivity contribution in [2.24, 2.45) is 0 Å². The molecule has 1 heterocycles. The van der Waals surface area contributed by atoms with E-state index in [-0.39, 0.29) is 5.56 Å². The molecule has 0 fully saturated rings. The summed E-state index contributed by atoms with van der Waals surface area (Å²) in [6.45, 7) is 0.668. The van der Waals surface area contributed by atoms with E-state index >= 15 is 0 Å². The van der Waals surface area contributed by atoms with E-state index in [0.717, 1.165) is 18.3 Å². The predicted octanol–water partition coefficient (Wildman–Crippen LogP) is 1.89. The Bertz CT molecular complexity index is 333. The Kier molecular flexibility index (Phi) is 2.27. The molecule has 1 rings (SSSR count). The van der Waals surface area contributed by atoms with Gasteiger partial charge in [-0.15, -0.1) is 0 Å². The molecule has 0 aliphatic heterocycles. The van der Waals surface area contributed by atoms with Crippen molar-refractivity contribution in [3.8, 4) is 0 Å². The molecule has 0 atom stereocenters. The van der Waals surface area contributed by atoms with Crippen LogP contribution in [0, 0.1) is 0 Å². The van der Waals surface area contributed by atoms with Gasteiger partial charge in [0.25, 0.3) is 5.92 Å². The highest BCUT2D eigenvalue weighted by Crippen LogP contribution is 2.25. The van der Waals surface area contributed by atoms with Gasteiger partial charge in [0.1, 0.15) is 5.69 Å². The normalized spacial score (nSPS) is 11.3. The molecule has 5 heteroatoms. The lowest BCUT2D eigenvalue weighted by molar-refractivity contribution is 0.0127. The van der Waals surface area contributed by atoms with Gasteiger partial charge < -0.3 is 5.11 Å². The number of carbonyl (C=O) groups is 1. The summed E-state index contributed by atoms with van der Waals surface area (Å²) in [4.78, 5) is 13.8. The highest BCUT2D eigenvalue weighted by atomic mass is 19.3. The average molecular weight is 187 g/mol.